The van der Waals surface area contributed by atoms with E-state index in [0.29, 0.717) is 108 Å². The van der Waals surface area contributed by atoms with E-state index in [2.05, 4.69) is 76.8 Å². The molecular formula is C49H60N18O10. The molecule has 77 heavy (non-hydrogen) atoms. The highest BCUT2D eigenvalue weighted by Gasteiger charge is 2.18. The molecule has 0 atom stereocenters. The van der Waals surface area contributed by atoms with Crippen molar-refractivity contribution < 1.29 is 48.0 Å². The lowest BCUT2D eigenvalue weighted by atomic mass is 10.2. The van der Waals surface area contributed by atoms with Crippen LogP contribution < -0.4 is 30.7 Å². The highest BCUT2D eigenvalue weighted by Crippen LogP contribution is 2.24. The fourth-order valence-corrected chi connectivity index (χ4v) is 6.73. The zero-order chi connectivity index (χ0) is 55.0. The van der Waals surface area contributed by atoms with Crippen LogP contribution in [0.2, 0.25) is 0 Å². The molecule has 0 aliphatic heterocycles. The minimum Gasteiger partial charge on any atom is -0.493 e. The maximum atomic E-state index is 11.7. The second-order valence-corrected chi connectivity index (χ2v) is 18.8. The summed E-state index contributed by atoms with van der Waals surface area (Å²) in [6.07, 6.45) is 10.2. The van der Waals surface area contributed by atoms with Crippen molar-refractivity contribution in [2.24, 2.45) is 0 Å². The molecule has 2 amide bonds. The van der Waals surface area contributed by atoms with E-state index < -0.39 is 29.4 Å². The number of ether oxygens (including phenoxy) is 5. The summed E-state index contributed by atoms with van der Waals surface area (Å²) in [5, 5.41) is 45.5. The van der Waals surface area contributed by atoms with E-state index in [9.17, 15) is 19.2 Å². The summed E-state index contributed by atoms with van der Waals surface area (Å²) >= 11 is 0. The molecule has 0 fully saturated rings. The first-order valence-corrected chi connectivity index (χ1v) is 24.3. The lowest BCUT2D eigenvalue weighted by Gasteiger charge is -2.19. The first-order chi connectivity index (χ1) is 36.9. The number of benzene rings is 2. The van der Waals surface area contributed by atoms with Crippen molar-refractivity contribution in [3.05, 3.63) is 85.7 Å². The molecule has 8 rings (SSSR count). The standard InChI is InChI=1S/C25H31N9O5.C24H29N9O5/c1-25(2,3)39-24(36)26-10-6-12-38-19-8-5-7-17(13-19)29-23-27-15-20-22(30-23)34(32-31-20)18-14-28-33(16-18)11-9-21(35)37-4;1-24(2,3)38-23(36)25-9-5-11-37-18-7-4-6-16(12-18)28-22-26-14-19-21(29-22)33(31-30-19)17-13-27-32(15-17)10-8-20(34)35/h5,7-8,13-16H,6,9-12H2,1-4H3,(H,26,36)(H,27,29,30);4,6-7,12-15H,5,8-11H2,1-3H3,(H,25,36)(H,34,35)(H,26,28,29). The number of carboxylic acids is 1. The van der Waals surface area contributed by atoms with Crippen LogP contribution in [0.15, 0.2) is 85.7 Å². The van der Waals surface area contributed by atoms with Gasteiger partial charge in [0.15, 0.2) is 22.3 Å². The van der Waals surface area contributed by atoms with E-state index in [1.807, 2.05) is 90.1 Å². The third-order valence-electron chi connectivity index (χ3n) is 10.1. The lowest BCUT2D eigenvalue weighted by Crippen LogP contribution is -2.33. The molecule has 5 N–H and O–H groups in total. The Morgan fingerprint density at radius 3 is 1.51 bits per heavy atom. The van der Waals surface area contributed by atoms with Crippen molar-refractivity contribution in [2.45, 2.75) is 91.5 Å². The van der Waals surface area contributed by atoms with E-state index in [-0.39, 0.29) is 25.4 Å². The van der Waals surface area contributed by atoms with Crippen LogP contribution in [0.3, 0.4) is 0 Å². The maximum Gasteiger partial charge on any atom is 0.407 e. The van der Waals surface area contributed by atoms with Crippen LogP contribution in [0, 0.1) is 0 Å². The Balaban J connectivity index is 0.000000224. The van der Waals surface area contributed by atoms with Crippen molar-refractivity contribution >= 4 is 69.7 Å². The van der Waals surface area contributed by atoms with Gasteiger partial charge in [-0.15, -0.1) is 10.2 Å². The average molecular weight is 1060 g/mol. The number of rotatable bonds is 22. The van der Waals surface area contributed by atoms with Gasteiger partial charge in [-0.3, -0.25) is 19.0 Å². The lowest BCUT2D eigenvalue weighted by molar-refractivity contribution is -0.141. The number of carboxylic acid groups (broad SMARTS) is 1. The Labute approximate surface area is 440 Å². The van der Waals surface area contributed by atoms with Crippen LogP contribution in [0.25, 0.3) is 33.7 Å². The van der Waals surface area contributed by atoms with Gasteiger partial charge in [-0.25, -0.2) is 19.6 Å². The number of carbonyl (C=O) groups excluding carboxylic acids is 3. The predicted octanol–water partition coefficient (Wildman–Crippen LogP) is 5.93. The summed E-state index contributed by atoms with van der Waals surface area (Å²) in [4.78, 5) is 63.4. The summed E-state index contributed by atoms with van der Waals surface area (Å²) in [6.45, 7) is 13.2. The van der Waals surface area contributed by atoms with Crippen molar-refractivity contribution in [3.63, 3.8) is 0 Å². The van der Waals surface area contributed by atoms with Crippen LogP contribution in [-0.4, -0.2) is 143 Å². The fraction of sp³-hybridized carbons (Fsp3) is 0.388. The Kier molecular flexibility index (Phi) is 18.4. The smallest absolute Gasteiger partial charge is 0.407 e. The first kappa shape index (κ1) is 55.3. The molecule has 2 aromatic carbocycles. The SMILES string of the molecule is CC(C)(C)OC(=O)NCCCOc1cccc(Nc2ncc3nnn(-c4cnn(CCC(=O)O)c4)c3n2)c1.COC(=O)CCn1cc(-n2nnc3cnc(Nc4cccc(OCCCNC(=O)OC(C)(C)C)c4)nc32)cn1. The van der Waals surface area contributed by atoms with Gasteiger partial charge in [0.25, 0.3) is 0 Å². The molecule has 28 nitrogen and oxygen atoms in total. The third kappa shape index (κ3) is 17.3. The first-order valence-electron chi connectivity index (χ1n) is 24.3. The summed E-state index contributed by atoms with van der Waals surface area (Å²) in [7, 11) is 1.35. The van der Waals surface area contributed by atoms with E-state index >= 15 is 0 Å². The Hall–Kier alpha value is -9.50. The fourth-order valence-electron chi connectivity index (χ4n) is 6.73. The number of amides is 2. The molecule has 0 saturated heterocycles. The monoisotopic (exact) mass is 1060 g/mol. The van der Waals surface area contributed by atoms with Crippen LogP contribution in [-0.2, 0) is 36.9 Å². The second-order valence-electron chi connectivity index (χ2n) is 18.8. The van der Waals surface area contributed by atoms with Crippen LogP contribution in [0.5, 0.6) is 11.5 Å². The third-order valence-corrected chi connectivity index (χ3v) is 10.1. The van der Waals surface area contributed by atoms with Gasteiger partial charge in [-0.2, -0.15) is 29.5 Å². The molecule has 0 saturated carbocycles. The van der Waals surface area contributed by atoms with Crippen molar-refractivity contribution in [1.82, 2.24) is 80.1 Å². The van der Waals surface area contributed by atoms with Gasteiger partial charge < -0.3 is 50.1 Å². The Morgan fingerprint density at radius 2 is 1.08 bits per heavy atom. The molecular weight excluding hydrogens is 1000 g/mol. The van der Waals surface area contributed by atoms with Gasteiger partial charge in [0.05, 0.1) is 83.4 Å². The molecule has 0 aliphatic rings. The number of fused-ring (bicyclic) bond motifs is 2. The van der Waals surface area contributed by atoms with Gasteiger partial charge in [-0.1, -0.05) is 22.6 Å². The number of carbonyl (C=O) groups is 4. The number of esters is 1. The zero-order valence-electron chi connectivity index (χ0n) is 43.5. The summed E-state index contributed by atoms with van der Waals surface area (Å²) < 4.78 is 32.9. The Bertz CT molecular complexity index is 3270. The molecule has 0 aliphatic carbocycles. The topological polar surface area (TPSA) is 331 Å². The van der Waals surface area contributed by atoms with E-state index in [1.165, 1.54) is 16.5 Å². The van der Waals surface area contributed by atoms with Gasteiger partial charge in [0, 0.05) is 36.6 Å². The number of nitrogens with zero attached hydrogens (tertiary/aromatic N) is 14. The van der Waals surface area contributed by atoms with Crippen molar-refractivity contribution in [1.29, 1.82) is 0 Å². The van der Waals surface area contributed by atoms with Gasteiger partial charge in [-0.05, 0) is 78.6 Å². The van der Waals surface area contributed by atoms with Crippen molar-refractivity contribution in [2.75, 3.05) is 44.0 Å². The van der Waals surface area contributed by atoms with Crippen LogP contribution in [0.4, 0.5) is 32.9 Å². The number of methoxy groups -OCH3 is 1. The highest BCUT2D eigenvalue weighted by molar-refractivity contribution is 5.74. The number of anilines is 4. The number of aliphatic carboxylic acids is 1. The van der Waals surface area contributed by atoms with Gasteiger partial charge in [0.1, 0.15) is 34.1 Å². The Morgan fingerprint density at radius 1 is 0.623 bits per heavy atom. The molecule has 28 heteroatoms. The summed E-state index contributed by atoms with van der Waals surface area (Å²) in [5.74, 6) is 0.770. The van der Waals surface area contributed by atoms with Crippen LogP contribution >= 0.6 is 0 Å². The predicted molar refractivity (Wildman–Crippen MR) is 278 cm³/mol. The molecule has 0 spiro atoms. The quantitative estimate of drug-likeness (QED) is 0.0298. The average Bonchev–Trinajstić information content (AvgIpc) is 4.21. The molecule has 0 unspecified atom stereocenters. The number of hydrogen-bond acceptors (Lipinski definition) is 21. The van der Waals surface area contributed by atoms with Crippen molar-refractivity contribution in [3.8, 4) is 22.9 Å². The second kappa shape index (κ2) is 25.6. The number of aromatic nitrogens is 14. The summed E-state index contributed by atoms with van der Waals surface area (Å²) in [6, 6.07) is 14.7. The number of alkyl carbamates (subject to hydrolysis) is 2. The van der Waals surface area contributed by atoms with Crippen LogP contribution in [0.1, 0.15) is 67.2 Å². The van der Waals surface area contributed by atoms with E-state index in [4.69, 9.17) is 24.1 Å². The van der Waals surface area contributed by atoms with E-state index in [1.54, 1.807) is 46.5 Å². The molecule has 8 aromatic rings. The summed E-state index contributed by atoms with van der Waals surface area (Å²) in [5.41, 5.74) is 3.57. The highest BCUT2D eigenvalue weighted by atomic mass is 16.6. The zero-order valence-corrected chi connectivity index (χ0v) is 43.5. The normalized spacial score (nSPS) is 11.3. The molecule has 0 radical (unpaired) electrons. The van der Waals surface area contributed by atoms with E-state index in [0.717, 1.165) is 5.69 Å². The van der Waals surface area contributed by atoms with Gasteiger partial charge >= 0.3 is 24.1 Å². The molecule has 0 bridgehead atoms. The molecule has 6 heterocycles. The molecule has 6 aromatic heterocycles. The molecule has 406 valence electrons. The minimum atomic E-state index is -0.901. The number of nitrogens with one attached hydrogen (secondary N) is 4. The number of hydrogen-bond donors (Lipinski definition) is 5. The largest absolute Gasteiger partial charge is 0.493 e. The maximum absolute atomic E-state index is 11.7. The minimum absolute atomic E-state index is 0.0405. The van der Waals surface area contributed by atoms with Gasteiger partial charge in [0.2, 0.25) is 11.9 Å². The number of aryl methyl sites for hydroxylation is 2.